The second-order valence-corrected chi connectivity index (χ2v) is 21.7. The predicted octanol–water partition coefficient (Wildman–Crippen LogP) is -3.30. The van der Waals surface area contributed by atoms with Crippen LogP contribution in [0.2, 0.25) is 0 Å². The number of hydrogen-bond acceptors (Lipinski definition) is 15. The zero-order chi connectivity index (χ0) is 58.3. The maximum Gasteiger partial charge on any atom is 0.326 e. The molecule has 12 amide bonds. The fourth-order valence-electron chi connectivity index (χ4n) is 8.79. The fourth-order valence-corrected chi connectivity index (χ4v) is 9.26. The van der Waals surface area contributed by atoms with Gasteiger partial charge in [0.05, 0.1) is 12.6 Å². The van der Waals surface area contributed by atoms with Crippen molar-refractivity contribution in [2.75, 3.05) is 31.6 Å². The van der Waals surface area contributed by atoms with Gasteiger partial charge in [-0.2, -0.15) is 11.8 Å². The maximum atomic E-state index is 14.2. The number of nitrogens with one attached hydrogen (secondary N) is 7. The van der Waals surface area contributed by atoms with Crippen molar-refractivity contribution in [2.24, 2.45) is 40.7 Å². The van der Waals surface area contributed by atoms with E-state index in [-0.39, 0.29) is 82.7 Å². The first-order valence-electron chi connectivity index (χ1n) is 26.1. The Morgan fingerprint density at radius 1 is 0.545 bits per heavy atom. The van der Waals surface area contributed by atoms with Gasteiger partial charge in [0.2, 0.25) is 70.9 Å². The third-order valence-corrected chi connectivity index (χ3v) is 13.6. The molecule has 2 aliphatic rings. The molecular weight excluding hydrogens is 1030 g/mol. The molecule has 0 bridgehead atoms. The van der Waals surface area contributed by atoms with Crippen molar-refractivity contribution in [3.05, 3.63) is 0 Å². The number of nitrogens with zero attached hydrogens (tertiary/aromatic N) is 2. The van der Waals surface area contributed by atoms with E-state index in [1.165, 1.54) is 21.6 Å². The average molecular weight is 1110 g/mol. The van der Waals surface area contributed by atoms with Crippen molar-refractivity contribution in [3.63, 3.8) is 0 Å². The van der Waals surface area contributed by atoms with E-state index < -0.39 is 150 Å². The van der Waals surface area contributed by atoms with E-state index in [2.05, 4.69) is 37.2 Å². The first-order valence-corrected chi connectivity index (χ1v) is 27.5. The van der Waals surface area contributed by atoms with Crippen molar-refractivity contribution in [2.45, 2.75) is 179 Å². The second kappa shape index (κ2) is 32.9. The van der Waals surface area contributed by atoms with Crippen LogP contribution in [0.25, 0.3) is 0 Å². The standard InChI is InChI=1S/C49H83N13O14S/c1-25(2)22-32(45(71)56-30(14-17-38(53)65)44(70)60-40(27(5)6)49(75)76)58-42(68)29(13-16-37(52)64)55-43(69)31(18-21-77-7)57-46(72)33(23-26(3)4)59-47(73)34-10-8-20-62(34)48(74)35-11-9-19-61(35)39(66)24-54-41(67)28(50)12-15-36(51)63/h25-35,40H,8-24,50H2,1-7H3,(H2,51,63)(H2,52,64)(H2,53,65)(H,54,67)(H,55,69)(H,56,71)(H,57,72)(H,58,68)(H,59,73)(H,60,70)(H,75,76)/t28-,29-,30-,31-,32-,33-,34-,35-,40-/m0/s1. The average Bonchev–Trinajstić information content (AvgIpc) is 4.05. The Kier molecular flexibility index (Phi) is 28.4. The lowest BCUT2D eigenvalue weighted by Gasteiger charge is -2.32. The van der Waals surface area contributed by atoms with Crippen LogP contribution in [0.15, 0.2) is 0 Å². The molecule has 77 heavy (non-hydrogen) atoms. The van der Waals surface area contributed by atoms with Gasteiger partial charge < -0.3 is 75.1 Å². The molecule has 2 fully saturated rings. The number of carboxylic acids is 1. The maximum absolute atomic E-state index is 14.2. The van der Waals surface area contributed by atoms with E-state index in [1.54, 1.807) is 34.0 Å². The van der Waals surface area contributed by atoms with E-state index in [1.807, 2.05) is 13.8 Å². The summed E-state index contributed by atoms with van der Waals surface area (Å²) in [6, 6.07) is -11.2. The smallest absolute Gasteiger partial charge is 0.326 e. The van der Waals surface area contributed by atoms with E-state index in [4.69, 9.17) is 22.9 Å². The lowest BCUT2D eigenvalue weighted by Crippen LogP contribution is -2.60. The largest absolute Gasteiger partial charge is 0.480 e. The molecule has 0 saturated carbocycles. The molecule has 2 rings (SSSR count). The summed E-state index contributed by atoms with van der Waals surface area (Å²) in [5.41, 5.74) is 21.7. The van der Waals surface area contributed by atoms with E-state index in [0.29, 0.717) is 25.0 Å². The van der Waals surface area contributed by atoms with Crippen molar-refractivity contribution >= 4 is 88.6 Å². The third kappa shape index (κ3) is 22.9. The van der Waals surface area contributed by atoms with Crippen LogP contribution >= 0.6 is 11.8 Å². The Hall–Kier alpha value is -6.58. The lowest BCUT2D eigenvalue weighted by molar-refractivity contribution is -0.147. The van der Waals surface area contributed by atoms with Crippen molar-refractivity contribution < 1.29 is 67.4 Å². The van der Waals surface area contributed by atoms with Gasteiger partial charge in [-0.05, 0) is 94.0 Å². The molecule has 27 nitrogen and oxygen atoms in total. The summed E-state index contributed by atoms with van der Waals surface area (Å²) >= 11 is 1.35. The van der Waals surface area contributed by atoms with Crippen LogP contribution in [-0.2, 0) is 62.3 Å². The second-order valence-electron chi connectivity index (χ2n) is 20.7. The number of likely N-dealkylation sites (tertiary alicyclic amines) is 2. The van der Waals surface area contributed by atoms with Gasteiger partial charge in [0, 0.05) is 32.4 Å². The van der Waals surface area contributed by atoms with Crippen molar-refractivity contribution in [1.29, 1.82) is 0 Å². The minimum Gasteiger partial charge on any atom is -0.480 e. The molecule has 28 heteroatoms. The highest BCUT2D eigenvalue weighted by Crippen LogP contribution is 2.26. The topological polar surface area (TPSA) is 437 Å². The summed E-state index contributed by atoms with van der Waals surface area (Å²) < 4.78 is 0. The number of rotatable bonds is 34. The van der Waals surface area contributed by atoms with Crippen LogP contribution in [0, 0.1) is 17.8 Å². The number of carbonyl (C=O) groups excluding carboxylic acids is 12. The van der Waals surface area contributed by atoms with Crippen LogP contribution in [0.5, 0.6) is 0 Å². The summed E-state index contributed by atoms with van der Waals surface area (Å²) in [6.45, 7) is 10.2. The summed E-state index contributed by atoms with van der Waals surface area (Å²) in [5, 5.41) is 27.6. The normalized spacial score (nSPS) is 18.0. The highest BCUT2D eigenvalue weighted by atomic mass is 32.2. The molecule has 434 valence electrons. The molecule has 0 radical (unpaired) electrons. The molecule has 0 unspecified atom stereocenters. The van der Waals surface area contributed by atoms with Crippen LogP contribution in [0.1, 0.15) is 125 Å². The fraction of sp³-hybridized carbons (Fsp3) is 0.735. The summed E-state index contributed by atoms with van der Waals surface area (Å²) in [4.78, 5) is 173. The number of carboxylic acid groups (broad SMARTS) is 1. The van der Waals surface area contributed by atoms with Gasteiger partial charge in [0.25, 0.3) is 0 Å². The monoisotopic (exact) mass is 1110 g/mol. The van der Waals surface area contributed by atoms with Gasteiger partial charge in [-0.3, -0.25) is 57.5 Å². The molecule has 0 aliphatic carbocycles. The SMILES string of the molecule is CSCC[C@H](NC(=O)[C@H](CC(C)C)NC(=O)[C@@H]1CCCN1C(=O)[C@@H]1CCCN1C(=O)CNC(=O)[C@@H](N)CCC(N)=O)C(=O)N[C@@H](CCC(N)=O)C(=O)N[C@@H](CC(C)C)C(=O)N[C@@H](CCC(N)=O)C(=O)N[C@H](C(=O)O)C(C)C. The molecule has 0 spiro atoms. The number of carbonyl (C=O) groups is 13. The quantitative estimate of drug-likeness (QED) is 0.0300. The van der Waals surface area contributed by atoms with Gasteiger partial charge in [0.1, 0.15) is 48.3 Å². The number of nitrogens with two attached hydrogens (primary N) is 4. The van der Waals surface area contributed by atoms with Crippen LogP contribution in [-0.4, -0.2) is 178 Å². The zero-order valence-electron chi connectivity index (χ0n) is 45.3. The minimum atomic E-state index is -1.51. The first kappa shape index (κ1) is 66.5. The molecule has 0 aromatic carbocycles. The Morgan fingerprint density at radius 2 is 0.961 bits per heavy atom. The number of hydrogen-bond donors (Lipinski definition) is 12. The third-order valence-electron chi connectivity index (χ3n) is 12.9. The molecule has 2 aliphatic heterocycles. The highest BCUT2D eigenvalue weighted by Gasteiger charge is 2.43. The number of amides is 12. The van der Waals surface area contributed by atoms with Gasteiger partial charge in [-0.1, -0.05) is 41.5 Å². The van der Waals surface area contributed by atoms with E-state index >= 15 is 0 Å². The molecular formula is C49H83N13O14S. The molecule has 0 aromatic heterocycles. The van der Waals surface area contributed by atoms with Crippen LogP contribution < -0.4 is 60.2 Å². The molecule has 2 heterocycles. The molecule has 16 N–H and O–H groups in total. The van der Waals surface area contributed by atoms with Gasteiger partial charge in [0.15, 0.2) is 0 Å². The Morgan fingerprint density at radius 3 is 1.42 bits per heavy atom. The summed E-state index contributed by atoms with van der Waals surface area (Å²) in [7, 11) is 0. The predicted molar refractivity (Wildman–Crippen MR) is 282 cm³/mol. The molecule has 2 saturated heterocycles. The molecule has 9 atom stereocenters. The Balaban J connectivity index is 2.32. The van der Waals surface area contributed by atoms with Crippen LogP contribution in [0.3, 0.4) is 0 Å². The lowest BCUT2D eigenvalue weighted by atomic mass is 10.00. The number of primary amides is 3. The zero-order valence-corrected chi connectivity index (χ0v) is 46.1. The Bertz CT molecular complexity index is 2130. The van der Waals surface area contributed by atoms with Crippen LogP contribution in [0.4, 0.5) is 0 Å². The van der Waals surface area contributed by atoms with E-state index in [9.17, 15) is 67.4 Å². The van der Waals surface area contributed by atoms with Crippen molar-refractivity contribution in [3.8, 4) is 0 Å². The van der Waals surface area contributed by atoms with Crippen molar-refractivity contribution in [1.82, 2.24) is 47.0 Å². The summed E-state index contributed by atoms with van der Waals surface area (Å²) in [6.07, 6.45) is 1.79. The minimum absolute atomic E-state index is 0.0116. The number of aliphatic carboxylic acids is 1. The number of thioether (sulfide) groups is 1. The van der Waals surface area contributed by atoms with Gasteiger partial charge in [-0.15, -0.1) is 0 Å². The Labute approximate surface area is 453 Å². The first-order chi connectivity index (χ1) is 36.1. The van der Waals surface area contributed by atoms with Gasteiger partial charge in [-0.25, -0.2) is 4.79 Å². The van der Waals surface area contributed by atoms with Gasteiger partial charge >= 0.3 is 5.97 Å². The van der Waals surface area contributed by atoms with E-state index in [0.717, 1.165) is 0 Å². The molecule has 0 aromatic rings. The highest BCUT2D eigenvalue weighted by molar-refractivity contribution is 7.98. The summed E-state index contributed by atoms with van der Waals surface area (Å²) in [5.74, 6) is -10.9.